The molecule has 0 aliphatic rings. The molecule has 0 radical (unpaired) electrons. The van der Waals surface area contributed by atoms with Gasteiger partial charge in [-0.15, -0.1) is 6.42 Å². The predicted molar refractivity (Wildman–Crippen MR) is 43.2 cm³/mol. The highest BCUT2D eigenvalue weighted by atomic mass is 16.1. The number of rotatable bonds is 1. The molecule has 0 aliphatic heterocycles. The Kier molecular flexibility index (Phi) is 1.86. The van der Waals surface area contributed by atoms with Crippen molar-refractivity contribution in [1.82, 2.24) is 9.13 Å². The summed E-state index contributed by atoms with van der Waals surface area (Å²) in [7, 11) is 1.70. The van der Waals surface area contributed by atoms with Gasteiger partial charge in [0.2, 0.25) is 0 Å². The highest BCUT2D eigenvalue weighted by Gasteiger charge is 2.03. The van der Waals surface area contributed by atoms with Gasteiger partial charge in [0.05, 0.1) is 6.04 Å². The highest BCUT2D eigenvalue weighted by molar-refractivity contribution is 4.98. The van der Waals surface area contributed by atoms with Crippen molar-refractivity contribution in [3.8, 4) is 12.3 Å². The molecular formula is C8H10N2O. The first-order valence-corrected chi connectivity index (χ1v) is 3.36. The van der Waals surface area contributed by atoms with Crippen LogP contribution in [0.25, 0.3) is 0 Å². The van der Waals surface area contributed by atoms with E-state index < -0.39 is 0 Å². The number of terminal acetylenes is 1. The van der Waals surface area contributed by atoms with E-state index in [2.05, 4.69) is 5.92 Å². The molecule has 0 spiro atoms. The number of aromatic nitrogens is 2. The van der Waals surface area contributed by atoms with E-state index in [4.69, 9.17) is 6.42 Å². The van der Waals surface area contributed by atoms with Gasteiger partial charge in [-0.3, -0.25) is 4.57 Å². The zero-order chi connectivity index (χ0) is 8.43. The van der Waals surface area contributed by atoms with Gasteiger partial charge in [0.25, 0.3) is 0 Å². The lowest BCUT2D eigenvalue weighted by Crippen LogP contribution is -2.23. The second kappa shape index (κ2) is 2.67. The van der Waals surface area contributed by atoms with Gasteiger partial charge in [0.15, 0.2) is 0 Å². The van der Waals surface area contributed by atoms with Crippen molar-refractivity contribution >= 4 is 0 Å². The summed E-state index contributed by atoms with van der Waals surface area (Å²) in [6.45, 7) is 1.81. The Morgan fingerprint density at radius 1 is 1.64 bits per heavy atom. The van der Waals surface area contributed by atoms with Crippen LogP contribution in [0.3, 0.4) is 0 Å². The molecule has 0 N–H and O–H groups in total. The van der Waals surface area contributed by atoms with Crippen LogP contribution in [0.1, 0.15) is 13.0 Å². The third-order valence-corrected chi connectivity index (χ3v) is 1.63. The molecule has 1 rings (SSSR count). The van der Waals surface area contributed by atoms with E-state index in [1.165, 1.54) is 9.13 Å². The van der Waals surface area contributed by atoms with Crippen molar-refractivity contribution in [2.75, 3.05) is 0 Å². The summed E-state index contributed by atoms with van der Waals surface area (Å²) in [5.74, 6) is 2.48. The lowest BCUT2D eigenvalue weighted by Gasteiger charge is -2.01. The van der Waals surface area contributed by atoms with Crippen LogP contribution in [0.2, 0.25) is 0 Å². The van der Waals surface area contributed by atoms with Crippen molar-refractivity contribution in [3.05, 3.63) is 22.9 Å². The van der Waals surface area contributed by atoms with Crippen molar-refractivity contribution in [2.45, 2.75) is 13.0 Å². The fraction of sp³-hybridized carbons (Fsp3) is 0.375. The van der Waals surface area contributed by atoms with Gasteiger partial charge < -0.3 is 4.57 Å². The van der Waals surface area contributed by atoms with Crippen LogP contribution in [0.4, 0.5) is 0 Å². The first-order valence-electron chi connectivity index (χ1n) is 3.36. The van der Waals surface area contributed by atoms with E-state index in [0.717, 1.165) is 0 Å². The minimum absolute atomic E-state index is 0.0737. The summed E-state index contributed by atoms with van der Waals surface area (Å²) >= 11 is 0. The summed E-state index contributed by atoms with van der Waals surface area (Å²) < 4.78 is 3.01. The zero-order valence-electron chi connectivity index (χ0n) is 6.61. The molecule has 11 heavy (non-hydrogen) atoms. The monoisotopic (exact) mass is 150 g/mol. The second-order valence-electron chi connectivity index (χ2n) is 2.44. The fourth-order valence-corrected chi connectivity index (χ4v) is 0.857. The molecule has 3 heteroatoms. The van der Waals surface area contributed by atoms with E-state index in [-0.39, 0.29) is 11.7 Å². The number of hydrogen-bond donors (Lipinski definition) is 0. The molecule has 0 aliphatic carbocycles. The maximum atomic E-state index is 11.2. The molecule has 1 aromatic rings. The summed E-state index contributed by atoms with van der Waals surface area (Å²) in [6.07, 6.45) is 8.54. The average molecular weight is 150 g/mol. The molecule has 0 fully saturated rings. The molecular weight excluding hydrogens is 140 g/mol. The molecule has 0 saturated heterocycles. The molecule has 0 aromatic carbocycles. The zero-order valence-corrected chi connectivity index (χ0v) is 6.61. The number of hydrogen-bond acceptors (Lipinski definition) is 1. The van der Waals surface area contributed by atoms with Crippen LogP contribution in [-0.2, 0) is 7.05 Å². The van der Waals surface area contributed by atoms with Gasteiger partial charge in [0, 0.05) is 19.4 Å². The Morgan fingerprint density at radius 3 is 2.64 bits per heavy atom. The van der Waals surface area contributed by atoms with Gasteiger partial charge in [-0.2, -0.15) is 0 Å². The molecule has 0 bridgehead atoms. The van der Waals surface area contributed by atoms with Crippen molar-refractivity contribution in [3.63, 3.8) is 0 Å². The van der Waals surface area contributed by atoms with Crippen molar-refractivity contribution in [1.29, 1.82) is 0 Å². The minimum atomic E-state index is -0.163. The molecule has 3 nitrogen and oxygen atoms in total. The van der Waals surface area contributed by atoms with Gasteiger partial charge >= 0.3 is 5.69 Å². The minimum Gasteiger partial charge on any atom is -0.302 e. The smallest absolute Gasteiger partial charge is 0.302 e. The van der Waals surface area contributed by atoms with Crippen LogP contribution in [0.5, 0.6) is 0 Å². The van der Waals surface area contributed by atoms with Gasteiger partial charge in [0.1, 0.15) is 0 Å². The predicted octanol–water partition coefficient (Wildman–Crippen LogP) is 0.381. The maximum Gasteiger partial charge on any atom is 0.328 e. The highest BCUT2D eigenvalue weighted by Crippen LogP contribution is 1.97. The number of aryl methyl sites for hydroxylation is 1. The van der Waals surface area contributed by atoms with Crippen molar-refractivity contribution in [2.24, 2.45) is 7.05 Å². The van der Waals surface area contributed by atoms with Crippen LogP contribution in [0, 0.1) is 12.3 Å². The maximum absolute atomic E-state index is 11.2. The van der Waals surface area contributed by atoms with E-state index in [1.807, 2.05) is 0 Å². The molecule has 1 atom stereocenters. The number of nitrogens with zero attached hydrogens (tertiary/aromatic N) is 2. The quantitative estimate of drug-likeness (QED) is 0.532. The van der Waals surface area contributed by atoms with Gasteiger partial charge in [-0.1, -0.05) is 5.92 Å². The first kappa shape index (κ1) is 7.67. The Labute approximate surface area is 65.3 Å². The Balaban J connectivity index is 3.18. The van der Waals surface area contributed by atoms with E-state index in [0.29, 0.717) is 0 Å². The fourth-order valence-electron chi connectivity index (χ4n) is 0.857. The van der Waals surface area contributed by atoms with E-state index in [1.54, 1.807) is 26.4 Å². The number of imidazole rings is 1. The molecule has 1 aromatic heterocycles. The summed E-state index contributed by atoms with van der Waals surface area (Å²) in [4.78, 5) is 11.2. The first-order chi connectivity index (χ1) is 5.16. The van der Waals surface area contributed by atoms with Crippen LogP contribution >= 0.6 is 0 Å². The van der Waals surface area contributed by atoms with Gasteiger partial charge in [-0.25, -0.2) is 4.79 Å². The summed E-state index contributed by atoms with van der Waals surface area (Å²) in [5.41, 5.74) is -0.0737. The molecule has 58 valence electrons. The summed E-state index contributed by atoms with van der Waals surface area (Å²) in [5, 5.41) is 0. The molecule has 1 unspecified atom stereocenters. The van der Waals surface area contributed by atoms with E-state index in [9.17, 15) is 4.79 Å². The third-order valence-electron chi connectivity index (χ3n) is 1.63. The molecule has 0 amide bonds. The normalized spacial score (nSPS) is 12.5. The van der Waals surface area contributed by atoms with Gasteiger partial charge in [-0.05, 0) is 6.92 Å². The van der Waals surface area contributed by atoms with Crippen LogP contribution in [-0.4, -0.2) is 9.13 Å². The summed E-state index contributed by atoms with van der Waals surface area (Å²) in [6, 6.07) is -0.163. The Morgan fingerprint density at radius 2 is 2.27 bits per heavy atom. The topological polar surface area (TPSA) is 26.9 Å². The SMILES string of the molecule is C#CC(C)n1ccn(C)c1=O. The lowest BCUT2D eigenvalue weighted by molar-refractivity contribution is 0.634. The Bertz CT molecular complexity index is 340. The third kappa shape index (κ3) is 1.20. The molecule has 0 saturated carbocycles. The second-order valence-corrected chi connectivity index (χ2v) is 2.44. The Hall–Kier alpha value is -1.43. The van der Waals surface area contributed by atoms with E-state index >= 15 is 0 Å². The lowest BCUT2D eigenvalue weighted by atomic mass is 10.4. The largest absolute Gasteiger partial charge is 0.328 e. The van der Waals surface area contributed by atoms with Crippen molar-refractivity contribution < 1.29 is 0 Å². The van der Waals surface area contributed by atoms with Crippen LogP contribution in [0.15, 0.2) is 17.2 Å². The standard InChI is InChI=1S/C8H10N2O/c1-4-7(2)10-6-5-9(3)8(10)11/h1,5-7H,2-3H3. The average Bonchev–Trinajstić information content (AvgIpc) is 2.32. The molecule has 1 heterocycles. The van der Waals surface area contributed by atoms with Crippen LogP contribution < -0.4 is 5.69 Å².